The van der Waals surface area contributed by atoms with E-state index in [2.05, 4.69) is 0 Å². The van der Waals surface area contributed by atoms with Crippen LogP contribution >= 0.6 is 0 Å². The highest BCUT2D eigenvalue weighted by molar-refractivity contribution is 5.73. The summed E-state index contributed by atoms with van der Waals surface area (Å²) in [6.45, 7) is 1.36. The van der Waals surface area contributed by atoms with Crippen molar-refractivity contribution in [3.8, 4) is 6.07 Å². The Balaban J connectivity index is 3.18. The molecule has 0 aliphatic carbocycles. The van der Waals surface area contributed by atoms with E-state index >= 15 is 0 Å². The number of esters is 1. The standard InChI is InChI=1S/C13H13F2NO3/c1-2-19-12(18)5-8-3-9(6-16)11(13(14)15)4-10(8)7-17/h3-4,13,17H,2,5,7H2,1H3. The van der Waals surface area contributed by atoms with Gasteiger partial charge in [0, 0.05) is 5.56 Å². The Hall–Kier alpha value is -2.00. The third-order valence-electron chi connectivity index (χ3n) is 2.54. The Kier molecular flexibility index (Phi) is 5.39. The largest absolute Gasteiger partial charge is 0.466 e. The molecule has 0 heterocycles. The van der Waals surface area contributed by atoms with Gasteiger partial charge in [0.2, 0.25) is 0 Å². The highest BCUT2D eigenvalue weighted by Crippen LogP contribution is 2.26. The van der Waals surface area contributed by atoms with Crippen molar-refractivity contribution in [3.05, 3.63) is 34.4 Å². The van der Waals surface area contributed by atoms with Crippen molar-refractivity contribution >= 4 is 5.97 Å². The van der Waals surface area contributed by atoms with E-state index in [1.807, 2.05) is 0 Å². The molecule has 0 spiro atoms. The molecule has 1 N–H and O–H groups in total. The number of benzene rings is 1. The highest BCUT2D eigenvalue weighted by atomic mass is 19.3. The zero-order valence-corrected chi connectivity index (χ0v) is 10.3. The van der Waals surface area contributed by atoms with Crippen molar-refractivity contribution in [2.75, 3.05) is 6.61 Å². The second-order valence-corrected chi connectivity index (χ2v) is 3.76. The number of hydrogen-bond acceptors (Lipinski definition) is 4. The smallest absolute Gasteiger partial charge is 0.310 e. The van der Waals surface area contributed by atoms with Gasteiger partial charge in [-0.05, 0) is 30.2 Å². The normalized spacial score (nSPS) is 10.3. The lowest BCUT2D eigenvalue weighted by Crippen LogP contribution is -2.10. The molecule has 4 nitrogen and oxygen atoms in total. The number of nitriles is 1. The van der Waals surface area contributed by atoms with E-state index in [1.54, 1.807) is 13.0 Å². The first-order chi connectivity index (χ1) is 9.03. The zero-order chi connectivity index (χ0) is 14.4. The summed E-state index contributed by atoms with van der Waals surface area (Å²) in [6.07, 6.45) is -2.97. The van der Waals surface area contributed by atoms with Crippen LogP contribution in [-0.2, 0) is 22.6 Å². The molecule has 0 atom stereocenters. The van der Waals surface area contributed by atoms with E-state index in [4.69, 9.17) is 15.1 Å². The van der Waals surface area contributed by atoms with Crippen LogP contribution in [0.4, 0.5) is 8.78 Å². The molecule has 0 bridgehead atoms. The number of alkyl halides is 2. The Morgan fingerprint density at radius 3 is 2.63 bits per heavy atom. The van der Waals surface area contributed by atoms with Crippen molar-refractivity contribution < 1.29 is 23.4 Å². The van der Waals surface area contributed by atoms with Gasteiger partial charge in [-0.2, -0.15) is 5.26 Å². The molecule has 0 aliphatic rings. The van der Waals surface area contributed by atoms with E-state index in [1.165, 1.54) is 6.07 Å². The number of aliphatic hydroxyl groups excluding tert-OH is 1. The molecule has 6 heteroatoms. The molecule has 0 aromatic heterocycles. The molecule has 1 aromatic rings. The third-order valence-corrected chi connectivity index (χ3v) is 2.54. The molecule has 0 saturated carbocycles. The zero-order valence-electron chi connectivity index (χ0n) is 10.3. The minimum Gasteiger partial charge on any atom is -0.466 e. The molecule has 0 saturated heterocycles. The monoisotopic (exact) mass is 269 g/mol. The van der Waals surface area contributed by atoms with Gasteiger partial charge in [-0.1, -0.05) is 0 Å². The van der Waals surface area contributed by atoms with Crippen molar-refractivity contribution in [1.29, 1.82) is 5.26 Å². The van der Waals surface area contributed by atoms with Crippen molar-refractivity contribution in [2.45, 2.75) is 26.4 Å². The van der Waals surface area contributed by atoms with Crippen LogP contribution in [0.15, 0.2) is 12.1 Å². The average Bonchev–Trinajstić information content (AvgIpc) is 2.38. The summed E-state index contributed by atoms with van der Waals surface area (Å²) >= 11 is 0. The van der Waals surface area contributed by atoms with Crippen molar-refractivity contribution in [2.24, 2.45) is 0 Å². The molecule has 0 amide bonds. The van der Waals surface area contributed by atoms with Gasteiger partial charge in [-0.25, -0.2) is 8.78 Å². The summed E-state index contributed by atoms with van der Waals surface area (Å²) in [5, 5.41) is 18.0. The molecular formula is C13H13F2NO3. The summed E-state index contributed by atoms with van der Waals surface area (Å²) in [7, 11) is 0. The third kappa shape index (κ3) is 3.73. The number of aliphatic hydroxyl groups is 1. The Bertz CT molecular complexity index is 509. The molecule has 1 rings (SSSR count). The maximum atomic E-state index is 12.7. The number of carbonyl (C=O) groups is 1. The van der Waals surface area contributed by atoms with Crippen molar-refractivity contribution in [1.82, 2.24) is 0 Å². The van der Waals surface area contributed by atoms with Crippen LogP contribution in [0.3, 0.4) is 0 Å². The summed E-state index contributed by atoms with van der Waals surface area (Å²) in [6, 6.07) is 3.91. The van der Waals surface area contributed by atoms with Gasteiger partial charge in [0.15, 0.2) is 0 Å². The first-order valence-corrected chi connectivity index (χ1v) is 5.63. The van der Waals surface area contributed by atoms with E-state index in [-0.39, 0.29) is 24.2 Å². The van der Waals surface area contributed by atoms with E-state index in [0.29, 0.717) is 5.56 Å². The van der Waals surface area contributed by atoms with Crippen LogP contribution in [-0.4, -0.2) is 17.7 Å². The molecular weight excluding hydrogens is 256 g/mol. The highest BCUT2D eigenvalue weighted by Gasteiger charge is 2.18. The fraction of sp³-hybridized carbons (Fsp3) is 0.385. The second-order valence-electron chi connectivity index (χ2n) is 3.76. The SMILES string of the molecule is CCOC(=O)Cc1cc(C#N)c(C(F)F)cc1CO. The van der Waals surface area contributed by atoms with E-state index < -0.39 is 24.6 Å². The van der Waals surface area contributed by atoms with Crippen LogP contribution in [0.25, 0.3) is 0 Å². The Labute approximate surface area is 109 Å². The number of halogens is 2. The fourth-order valence-electron chi connectivity index (χ4n) is 1.67. The molecule has 19 heavy (non-hydrogen) atoms. The minimum absolute atomic E-state index is 0.165. The fourth-order valence-corrected chi connectivity index (χ4v) is 1.67. The van der Waals surface area contributed by atoms with Gasteiger partial charge < -0.3 is 9.84 Å². The molecule has 0 aliphatic heterocycles. The first kappa shape index (κ1) is 15.1. The summed E-state index contributed by atoms with van der Waals surface area (Å²) in [5.74, 6) is -0.536. The number of carbonyl (C=O) groups excluding carboxylic acids is 1. The number of ether oxygens (including phenoxy) is 1. The molecule has 0 fully saturated rings. The molecule has 0 unspecified atom stereocenters. The lowest BCUT2D eigenvalue weighted by atomic mass is 9.97. The van der Waals surface area contributed by atoms with E-state index in [0.717, 1.165) is 6.07 Å². The van der Waals surface area contributed by atoms with Crippen LogP contribution < -0.4 is 0 Å². The quantitative estimate of drug-likeness (QED) is 0.831. The predicted molar refractivity (Wildman–Crippen MR) is 62.4 cm³/mol. The van der Waals surface area contributed by atoms with Gasteiger partial charge in [0.05, 0.1) is 31.3 Å². The Morgan fingerprint density at radius 2 is 2.16 bits per heavy atom. The maximum Gasteiger partial charge on any atom is 0.310 e. The van der Waals surface area contributed by atoms with Gasteiger partial charge >= 0.3 is 5.97 Å². The summed E-state index contributed by atoms with van der Waals surface area (Å²) in [5.41, 5.74) is -0.130. The van der Waals surface area contributed by atoms with Crippen LogP contribution in [0.2, 0.25) is 0 Å². The van der Waals surface area contributed by atoms with Gasteiger partial charge in [-0.3, -0.25) is 4.79 Å². The number of hydrogen-bond donors (Lipinski definition) is 1. The van der Waals surface area contributed by atoms with Crippen LogP contribution in [0.5, 0.6) is 0 Å². The lowest BCUT2D eigenvalue weighted by Gasteiger charge is -2.11. The number of nitrogens with zero attached hydrogens (tertiary/aromatic N) is 1. The molecule has 102 valence electrons. The first-order valence-electron chi connectivity index (χ1n) is 5.63. The maximum absolute atomic E-state index is 12.7. The summed E-state index contributed by atoms with van der Waals surface area (Å²) in [4.78, 5) is 11.4. The Morgan fingerprint density at radius 1 is 1.47 bits per heavy atom. The number of rotatable bonds is 5. The average molecular weight is 269 g/mol. The van der Waals surface area contributed by atoms with Crippen LogP contribution in [0, 0.1) is 11.3 Å². The minimum atomic E-state index is -2.81. The molecule has 1 aromatic carbocycles. The summed E-state index contributed by atoms with van der Waals surface area (Å²) < 4.78 is 30.2. The van der Waals surface area contributed by atoms with E-state index in [9.17, 15) is 13.6 Å². The van der Waals surface area contributed by atoms with Crippen LogP contribution in [0.1, 0.15) is 35.6 Å². The van der Waals surface area contributed by atoms with Gasteiger partial charge in [0.1, 0.15) is 0 Å². The van der Waals surface area contributed by atoms with Crippen molar-refractivity contribution in [3.63, 3.8) is 0 Å². The topological polar surface area (TPSA) is 70.3 Å². The van der Waals surface area contributed by atoms with Gasteiger partial charge in [-0.15, -0.1) is 0 Å². The molecule has 0 radical (unpaired) electrons. The second kappa shape index (κ2) is 6.81. The predicted octanol–water partition coefficient (Wildman–Crippen LogP) is 2.09. The van der Waals surface area contributed by atoms with Gasteiger partial charge in [0.25, 0.3) is 6.43 Å². The lowest BCUT2D eigenvalue weighted by molar-refractivity contribution is -0.142.